The van der Waals surface area contributed by atoms with Gasteiger partial charge in [0.2, 0.25) is 0 Å². The molecule has 0 fully saturated rings. The fourth-order valence-corrected chi connectivity index (χ4v) is 2.82. The standard InChI is InChI=1S/C20H17FN8O/c21-15-4-3-13(8-14(15)10-24-16-2-1-5-23-20(16)22)9-18(30)17-11-26-19(12-25-17)29-7-6-27-28-29/h1-8,11-12,24H,9-10H2,(H2,22,23). The van der Waals surface area contributed by atoms with Crippen LogP contribution in [-0.2, 0) is 13.0 Å². The predicted octanol–water partition coefficient (Wildman–Crippen LogP) is 2.21. The van der Waals surface area contributed by atoms with E-state index < -0.39 is 0 Å². The lowest BCUT2D eigenvalue weighted by molar-refractivity contribution is 0.0988. The zero-order valence-electron chi connectivity index (χ0n) is 15.7. The van der Waals surface area contributed by atoms with Crippen molar-refractivity contribution in [1.29, 1.82) is 0 Å². The molecule has 9 nitrogen and oxygen atoms in total. The van der Waals surface area contributed by atoms with Gasteiger partial charge < -0.3 is 11.1 Å². The van der Waals surface area contributed by atoms with Gasteiger partial charge in [-0.3, -0.25) is 4.79 Å². The van der Waals surface area contributed by atoms with Gasteiger partial charge in [-0.25, -0.2) is 24.0 Å². The number of aromatic nitrogens is 6. The van der Waals surface area contributed by atoms with Crippen molar-refractivity contribution < 1.29 is 9.18 Å². The van der Waals surface area contributed by atoms with Crippen molar-refractivity contribution in [3.8, 4) is 5.82 Å². The number of rotatable bonds is 7. The second-order valence-corrected chi connectivity index (χ2v) is 6.42. The summed E-state index contributed by atoms with van der Waals surface area (Å²) in [6, 6.07) is 8.05. The Hall–Kier alpha value is -4.21. The van der Waals surface area contributed by atoms with Crippen molar-refractivity contribution in [2.75, 3.05) is 11.1 Å². The first kappa shape index (κ1) is 19.1. The number of nitrogens with one attached hydrogen (secondary N) is 1. The summed E-state index contributed by atoms with van der Waals surface area (Å²) in [5.74, 6) is 0.179. The zero-order chi connectivity index (χ0) is 20.9. The van der Waals surface area contributed by atoms with Crippen LogP contribution in [0.2, 0.25) is 0 Å². The molecule has 4 aromatic rings. The summed E-state index contributed by atoms with van der Waals surface area (Å²) in [7, 11) is 0. The highest BCUT2D eigenvalue weighted by Crippen LogP contribution is 2.18. The summed E-state index contributed by atoms with van der Waals surface area (Å²) in [5, 5.41) is 10.6. The van der Waals surface area contributed by atoms with Crippen LogP contribution in [0.5, 0.6) is 0 Å². The van der Waals surface area contributed by atoms with Crippen LogP contribution in [0.4, 0.5) is 15.9 Å². The zero-order valence-corrected chi connectivity index (χ0v) is 15.7. The molecule has 0 spiro atoms. The van der Waals surface area contributed by atoms with Crippen LogP contribution in [-0.4, -0.2) is 35.7 Å². The van der Waals surface area contributed by atoms with E-state index in [2.05, 4.69) is 30.6 Å². The van der Waals surface area contributed by atoms with E-state index >= 15 is 0 Å². The Balaban J connectivity index is 1.44. The van der Waals surface area contributed by atoms with Crippen molar-refractivity contribution in [3.63, 3.8) is 0 Å². The third-order valence-corrected chi connectivity index (χ3v) is 4.36. The van der Waals surface area contributed by atoms with E-state index in [-0.39, 0.29) is 30.3 Å². The number of carbonyl (C=O) groups is 1. The summed E-state index contributed by atoms with van der Waals surface area (Å²) in [4.78, 5) is 24.9. The first-order chi connectivity index (χ1) is 14.6. The molecule has 0 radical (unpaired) electrons. The van der Waals surface area contributed by atoms with Crippen molar-refractivity contribution in [1.82, 2.24) is 29.9 Å². The predicted molar refractivity (Wildman–Crippen MR) is 107 cm³/mol. The second kappa shape index (κ2) is 8.43. The lowest BCUT2D eigenvalue weighted by Crippen LogP contribution is -2.10. The van der Waals surface area contributed by atoms with Gasteiger partial charge in [0, 0.05) is 24.7 Å². The molecular weight excluding hydrogens is 387 g/mol. The van der Waals surface area contributed by atoms with Crippen molar-refractivity contribution in [2.45, 2.75) is 13.0 Å². The SMILES string of the molecule is Nc1ncccc1NCc1cc(CC(=O)c2cnc(-n3ccnn3)cn2)ccc1F. The largest absolute Gasteiger partial charge is 0.382 e. The third kappa shape index (κ3) is 4.27. The minimum atomic E-state index is -0.377. The average Bonchev–Trinajstić information content (AvgIpc) is 3.30. The lowest BCUT2D eigenvalue weighted by atomic mass is 10.0. The maximum atomic E-state index is 14.2. The molecule has 0 aliphatic rings. The van der Waals surface area contributed by atoms with Gasteiger partial charge in [-0.1, -0.05) is 17.3 Å². The van der Waals surface area contributed by atoms with Crippen molar-refractivity contribution >= 4 is 17.3 Å². The first-order valence-electron chi connectivity index (χ1n) is 9.04. The number of hydrogen-bond acceptors (Lipinski definition) is 8. The highest BCUT2D eigenvalue weighted by molar-refractivity contribution is 5.95. The molecule has 1 aromatic carbocycles. The van der Waals surface area contributed by atoms with Crippen LogP contribution in [0.25, 0.3) is 5.82 Å². The Morgan fingerprint density at radius 2 is 2.03 bits per heavy atom. The Labute approximate surface area is 170 Å². The molecule has 4 rings (SSSR count). The number of hydrogen-bond donors (Lipinski definition) is 2. The Morgan fingerprint density at radius 3 is 2.77 bits per heavy atom. The minimum absolute atomic E-state index is 0.0691. The number of benzene rings is 1. The molecule has 0 atom stereocenters. The molecule has 3 aromatic heterocycles. The molecule has 0 aliphatic carbocycles. The van der Waals surface area contributed by atoms with Crippen LogP contribution in [0.15, 0.2) is 61.3 Å². The minimum Gasteiger partial charge on any atom is -0.382 e. The number of ketones is 1. The number of anilines is 2. The molecule has 10 heteroatoms. The highest BCUT2D eigenvalue weighted by Gasteiger charge is 2.12. The van der Waals surface area contributed by atoms with Crippen LogP contribution >= 0.6 is 0 Å². The number of carbonyl (C=O) groups excluding carboxylic acids is 1. The molecule has 30 heavy (non-hydrogen) atoms. The fraction of sp³-hybridized carbons (Fsp3) is 0.100. The Morgan fingerprint density at radius 1 is 1.13 bits per heavy atom. The van der Waals surface area contributed by atoms with Gasteiger partial charge in [-0.15, -0.1) is 5.10 Å². The van der Waals surface area contributed by atoms with Crippen LogP contribution in [0, 0.1) is 5.82 Å². The molecule has 0 aliphatic heterocycles. The maximum Gasteiger partial charge on any atom is 0.187 e. The summed E-state index contributed by atoms with van der Waals surface area (Å²) >= 11 is 0. The monoisotopic (exact) mass is 404 g/mol. The van der Waals surface area contributed by atoms with Gasteiger partial charge in [0.1, 0.15) is 17.3 Å². The summed E-state index contributed by atoms with van der Waals surface area (Å²) in [6.07, 6.45) is 7.62. The third-order valence-electron chi connectivity index (χ3n) is 4.36. The summed E-state index contributed by atoms with van der Waals surface area (Å²) in [6.45, 7) is 0.205. The van der Waals surface area contributed by atoms with E-state index in [0.29, 0.717) is 28.5 Å². The van der Waals surface area contributed by atoms with Crippen molar-refractivity contribution in [2.24, 2.45) is 0 Å². The van der Waals surface area contributed by atoms with Crippen molar-refractivity contribution in [3.05, 3.63) is 84.0 Å². The van der Waals surface area contributed by atoms with E-state index in [9.17, 15) is 9.18 Å². The van der Waals surface area contributed by atoms with Gasteiger partial charge in [0.25, 0.3) is 0 Å². The number of nitrogen functional groups attached to an aromatic ring is 1. The van der Waals surface area contributed by atoms with E-state index in [0.717, 1.165) is 0 Å². The smallest absolute Gasteiger partial charge is 0.187 e. The van der Waals surface area contributed by atoms with E-state index in [1.54, 1.807) is 36.7 Å². The molecular formula is C20H17FN8O. The number of nitrogens with zero attached hydrogens (tertiary/aromatic N) is 6. The average molecular weight is 404 g/mol. The summed E-state index contributed by atoms with van der Waals surface area (Å²) < 4.78 is 15.6. The van der Waals surface area contributed by atoms with Gasteiger partial charge in [0.15, 0.2) is 11.6 Å². The number of pyridine rings is 1. The quantitative estimate of drug-likeness (QED) is 0.449. The molecule has 0 saturated heterocycles. The number of nitrogens with two attached hydrogens (primary N) is 1. The molecule has 0 amide bonds. The molecule has 3 N–H and O–H groups in total. The molecule has 0 bridgehead atoms. The second-order valence-electron chi connectivity index (χ2n) is 6.42. The Kier molecular flexibility index (Phi) is 5.37. The number of Topliss-reactive ketones (excluding diaryl/α,β-unsaturated/α-hetero) is 1. The molecule has 0 saturated carbocycles. The Bertz CT molecular complexity index is 1160. The normalized spacial score (nSPS) is 10.7. The van der Waals surface area contributed by atoms with E-state index in [1.807, 2.05) is 0 Å². The first-order valence-corrected chi connectivity index (χ1v) is 9.04. The molecule has 150 valence electrons. The van der Waals surface area contributed by atoms with Crippen LogP contribution in [0.3, 0.4) is 0 Å². The fourth-order valence-electron chi connectivity index (χ4n) is 2.82. The van der Waals surface area contributed by atoms with Gasteiger partial charge in [-0.2, -0.15) is 0 Å². The molecule has 0 unspecified atom stereocenters. The van der Waals surface area contributed by atoms with Crippen LogP contribution < -0.4 is 11.1 Å². The van der Waals surface area contributed by atoms with Crippen LogP contribution in [0.1, 0.15) is 21.6 Å². The van der Waals surface area contributed by atoms with E-state index in [1.165, 1.54) is 29.3 Å². The maximum absolute atomic E-state index is 14.2. The van der Waals surface area contributed by atoms with E-state index in [4.69, 9.17) is 5.73 Å². The van der Waals surface area contributed by atoms with Gasteiger partial charge in [0.05, 0.1) is 30.5 Å². The highest BCUT2D eigenvalue weighted by atomic mass is 19.1. The molecule has 3 heterocycles. The van der Waals surface area contributed by atoms with Gasteiger partial charge >= 0.3 is 0 Å². The van der Waals surface area contributed by atoms with Gasteiger partial charge in [-0.05, 0) is 23.8 Å². The lowest BCUT2D eigenvalue weighted by Gasteiger charge is -2.10. The summed E-state index contributed by atoms with van der Waals surface area (Å²) in [5.41, 5.74) is 7.70. The topological polar surface area (TPSA) is 124 Å². The number of halogens is 1.